The second-order valence-corrected chi connectivity index (χ2v) is 5.65. The van der Waals surface area contributed by atoms with Crippen LogP contribution in [0.4, 0.5) is 0 Å². The van der Waals surface area contributed by atoms with E-state index in [2.05, 4.69) is 15.9 Å². The van der Waals surface area contributed by atoms with Crippen LogP contribution < -0.4 is 5.73 Å². The molecular formula is C14H19BrN2O. The molecule has 1 heterocycles. The van der Waals surface area contributed by atoms with Crippen molar-refractivity contribution in [2.75, 3.05) is 13.1 Å². The number of piperidine rings is 1. The maximum atomic E-state index is 12.6. The first-order chi connectivity index (χ1) is 8.65. The van der Waals surface area contributed by atoms with Crippen LogP contribution in [0.3, 0.4) is 0 Å². The van der Waals surface area contributed by atoms with Gasteiger partial charge in [-0.2, -0.15) is 0 Å². The molecule has 0 saturated carbocycles. The van der Waals surface area contributed by atoms with Crippen LogP contribution in [-0.4, -0.2) is 29.9 Å². The minimum absolute atomic E-state index is 0.115. The van der Waals surface area contributed by atoms with Gasteiger partial charge in [-0.15, -0.1) is 0 Å². The van der Waals surface area contributed by atoms with Gasteiger partial charge in [-0.25, -0.2) is 0 Å². The van der Waals surface area contributed by atoms with Crippen LogP contribution in [-0.2, 0) is 0 Å². The molecule has 1 aliphatic rings. The first-order valence-corrected chi connectivity index (χ1v) is 7.20. The molecule has 4 heteroatoms. The summed E-state index contributed by atoms with van der Waals surface area (Å²) in [5.41, 5.74) is 7.56. The van der Waals surface area contributed by atoms with Gasteiger partial charge in [-0.3, -0.25) is 4.79 Å². The Kier molecular flexibility index (Phi) is 4.40. The summed E-state index contributed by atoms with van der Waals surface area (Å²) in [5.74, 6) is 0.115. The number of rotatable bonds is 2. The number of hydrogen-bond acceptors (Lipinski definition) is 2. The van der Waals surface area contributed by atoms with Crippen LogP contribution in [0.1, 0.15) is 35.2 Å². The van der Waals surface area contributed by atoms with Gasteiger partial charge in [0, 0.05) is 29.2 Å². The van der Waals surface area contributed by atoms with E-state index >= 15 is 0 Å². The van der Waals surface area contributed by atoms with Gasteiger partial charge in [-0.1, -0.05) is 22.0 Å². The molecule has 1 aromatic rings. The summed E-state index contributed by atoms with van der Waals surface area (Å²) in [6, 6.07) is 5.96. The van der Waals surface area contributed by atoms with E-state index in [0.717, 1.165) is 35.0 Å². The smallest absolute Gasteiger partial charge is 0.254 e. The molecule has 1 aromatic carbocycles. The Hall–Kier alpha value is -0.870. The predicted octanol–water partition coefficient (Wildman–Crippen LogP) is 2.71. The van der Waals surface area contributed by atoms with Gasteiger partial charge in [0.1, 0.15) is 0 Å². The van der Waals surface area contributed by atoms with Crippen molar-refractivity contribution in [2.45, 2.75) is 32.2 Å². The quantitative estimate of drug-likeness (QED) is 0.913. The van der Waals surface area contributed by atoms with Crippen molar-refractivity contribution in [2.24, 2.45) is 5.73 Å². The Balaban J connectivity index is 2.27. The first kappa shape index (κ1) is 13.6. The standard InChI is InChI=1S/C14H19BrN2O/c1-10-12(6-4-7-13(10)15)14(18)17-8-3-2-5-11(17)9-16/h4,6-7,11H,2-3,5,8-9,16H2,1H3/t11-/m0/s1. The SMILES string of the molecule is Cc1c(Br)cccc1C(=O)N1CCCC[C@H]1CN. The van der Waals surface area contributed by atoms with Crippen LogP contribution >= 0.6 is 15.9 Å². The molecule has 1 amide bonds. The highest BCUT2D eigenvalue weighted by Crippen LogP contribution is 2.24. The van der Waals surface area contributed by atoms with Crippen molar-refractivity contribution in [3.8, 4) is 0 Å². The van der Waals surface area contributed by atoms with E-state index in [4.69, 9.17) is 5.73 Å². The molecule has 1 atom stereocenters. The number of amides is 1. The second kappa shape index (κ2) is 5.85. The zero-order valence-electron chi connectivity index (χ0n) is 10.7. The van der Waals surface area contributed by atoms with E-state index in [1.54, 1.807) is 0 Å². The van der Waals surface area contributed by atoms with Gasteiger partial charge in [0.05, 0.1) is 0 Å². The molecule has 1 fully saturated rings. The lowest BCUT2D eigenvalue weighted by molar-refractivity contribution is 0.0622. The third kappa shape index (κ3) is 2.59. The summed E-state index contributed by atoms with van der Waals surface area (Å²) in [5, 5.41) is 0. The molecule has 98 valence electrons. The largest absolute Gasteiger partial charge is 0.334 e. The molecular weight excluding hydrogens is 292 g/mol. The number of carbonyl (C=O) groups excluding carboxylic acids is 1. The Bertz CT molecular complexity index is 447. The van der Waals surface area contributed by atoms with Gasteiger partial charge in [0.2, 0.25) is 0 Å². The van der Waals surface area contributed by atoms with Crippen LogP contribution in [0.25, 0.3) is 0 Å². The number of likely N-dealkylation sites (tertiary alicyclic amines) is 1. The molecule has 18 heavy (non-hydrogen) atoms. The molecule has 0 aliphatic carbocycles. The zero-order valence-corrected chi connectivity index (χ0v) is 12.2. The highest BCUT2D eigenvalue weighted by atomic mass is 79.9. The lowest BCUT2D eigenvalue weighted by Crippen LogP contribution is -2.47. The summed E-state index contributed by atoms with van der Waals surface area (Å²) < 4.78 is 0.981. The van der Waals surface area contributed by atoms with Gasteiger partial charge >= 0.3 is 0 Å². The molecule has 0 aromatic heterocycles. The van der Waals surface area contributed by atoms with E-state index in [0.29, 0.717) is 6.54 Å². The van der Waals surface area contributed by atoms with E-state index in [9.17, 15) is 4.79 Å². The highest BCUT2D eigenvalue weighted by molar-refractivity contribution is 9.10. The Labute approximate surface area is 116 Å². The second-order valence-electron chi connectivity index (χ2n) is 4.80. The summed E-state index contributed by atoms with van der Waals surface area (Å²) in [4.78, 5) is 14.5. The minimum atomic E-state index is 0.115. The fourth-order valence-corrected chi connectivity index (χ4v) is 2.87. The molecule has 0 bridgehead atoms. The van der Waals surface area contributed by atoms with Crippen molar-refractivity contribution in [1.29, 1.82) is 0 Å². The minimum Gasteiger partial charge on any atom is -0.334 e. The van der Waals surface area contributed by atoms with E-state index in [-0.39, 0.29) is 11.9 Å². The number of halogens is 1. The summed E-state index contributed by atoms with van der Waals surface area (Å²) >= 11 is 3.48. The lowest BCUT2D eigenvalue weighted by atomic mass is 9.99. The molecule has 0 radical (unpaired) electrons. The molecule has 2 N–H and O–H groups in total. The van der Waals surface area contributed by atoms with Gasteiger partial charge in [-0.05, 0) is 43.9 Å². The Morgan fingerprint density at radius 2 is 2.28 bits per heavy atom. The van der Waals surface area contributed by atoms with E-state index in [1.165, 1.54) is 6.42 Å². The van der Waals surface area contributed by atoms with E-state index in [1.807, 2.05) is 30.0 Å². The van der Waals surface area contributed by atoms with Crippen molar-refractivity contribution in [1.82, 2.24) is 4.90 Å². The van der Waals surface area contributed by atoms with Crippen LogP contribution in [0.15, 0.2) is 22.7 Å². The number of carbonyl (C=O) groups is 1. The fraction of sp³-hybridized carbons (Fsp3) is 0.500. The third-order valence-corrected chi connectivity index (χ3v) is 4.52. The molecule has 0 spiro atoms. The maximum absolute atomic E-state index is 12.6. The molecule has 1 aliphatic heterocycles. The van der Waals surface area contributed by atoms with Crippen LogP contribution in [0.2, 0.25) is 0 Å². The first-order valence-electron chi connectivity index (χ1n) is 6.41. The average Bonchev–Trinajstić information content (AvgIpc) is 2.41. The molecule has 2 rings (SSSR count). The van der Waals surface area contributed by atoms with Crippen molar-refractivity contribution in [3.63, 3.8) is 0 Å². The maximum Gasteiger partial charge on any atom is 0.254 e. The Morgan fingerprint density at radius 3 is 3.00 bits per heavy atom. The monoisotopic (exact) mass is 310 g/mol. The van der Waals surface area contributed by atoms with E-state index < -0.39 is 0 Å². The molecule has 3 nitrogen and oxygen atoms in total. The molecule has 0 unspecified atom stereocenters. The number of hydrogen-bond donors (Lipinski definition) is 1. The molecule has 1 saturated heterocycles. The summed E-state index contributed by atoms with van der Waals surface area (Å²) in [6.45, 7) is 3.35. The van der Waals surface area contributed by atoms with Crippen LogP contribution in [0.5, 0.6) is 0 Å². The average molecular weight is 311 g/mol. The number of nitrogens with two attached hydrogens (primary N) is 1. The Morgan fingerprint density at radius 1 is 1.50 bits per heavy atom. The van der Waals surface area contributed by atoms with Gasteiger partial charge in [0.15, 0.2) is 0 Å². The fourth-order valence-electron chi connectivity index (χ4n) is 2.51. The number of nitrogens with zero attached hydrogens (tertiary/aromatic N) is 1. The predicted molar refractivity (Wildman–Crippen MR) is 76.6 cm³/mol. The lowest BCUT2D eigenvalue weighted by Gasteiger charge is -2.35. The summed E-state index contributed by atoms with van der Waals surface area (Å²) in [6.07, 6.45) is 3.27. The van der Waals surface area contributed by atoms with Crippen molar-refractivity contribution in [3.05, 3.63) is 33.8 Å². The normalized spacial score (nSPS) is 19.9. The third-order valence-electron chi connectivity index (χ3n) is 3.66. The van der Waals surface area contributed by atoms with Crippen LogP contribution in [0, 0.1) is 6.92 Å². The van der Waals surface area contributed by atoms with Crippen molar-refractivity contribution < 1.29 is 4.79 Å². The highest BCUT2D eigenvalue weighted by Gasteiger charge is 2.27. The summed E-state index contributed by atoms with van der Waals surface area (Å²) in [7, 11) is 0. The zero-order chi connectivity index (χ0) is 13.1. The topological polar surface area (TPSA) is 46.3 Å². The van der Waals surface area contributed by atoms with Gasteiger partial charge < -0.3 is 10.6 Å². The van der Waals surface area contributed by atoms with Gasteiger partial charge in [0.25, 0.3) is 5.91 Å². The van der Waals surface area contributed by atoms with Crippen molar-refractivity contribution >= 4 is 21.8 Å². The number of benzene rings is 1.